The van der Waals surface area contributed by atoms with E-state index >= 15 is 0 Å². The standard InChI is InChI=1S/C48H37N/c1-30-19-23-44-38(25-30)39-26-31(2)27-43-46(39)49(44)45-24-21-33(29-42(45)47(43,3)4)32-20-22-37-36-17-11-12-18-40(36)48(41(37)28-32,34-13-7-5-8-14-34)35-15-9-6-10-16-35/h5-29H,1-4H3. The maximum Gasteiger partial charge on any atom is 0.0713 e. The highest BCUT2D eigenvalue weighted by molar-refractivity contribution is 6.12. The van der Waals surface area contributed by atoms with Crippen LogP contribution in [0.15, 0.2) is 152 Å². The van der Waals surface area contributed by atoms with Crippen molar-refractivity contribution in [2.45, 2.75) is 38.5 Å². The van der Waals surface area contributed by atoms with Gasteiger partial charge in [0.05, 0.1) is 22.1 Å². The van der Waals surface area contributed by atoms with Crippen LogP contribution in [0.25, 0.3) is 49.7 Å². The van der Waals surface area contributed by atoms with Gasteiger partial charge in [-0.05, 0) is 106 Å². The zero-order valence-corrected chi connectivity index (χ0v) is 28.4. The van der Waals surface area contributed by atoms with E-state index in [1.807, 2.05) is 0 Å². The van der Waals surface area contributed by atoms with Gasteiger partial charge in [-0.3, -0.25) is 0 Å². The molecule has 0 spiro atoms. The summed E-state index contributed by atoms with van der Waals surface area (Å²) >= 11 is 0. The van der Waals surface area contributed by atoms with E-state index in [1.54, 1.807) is 0 Å². The average Bonchev–Trinajstić information content (AvgIpc) is 3.61. The molecule has 8 aromatic rings. The van der Waals surface area contributed by atoms with Gasteiger partial charge in [0.1, 0.15) is 0 Å². The average molecular weight is 628 g/mol. The first-order chi connectivity index (χ1) is 23.9. The van der Waals surface area contributed by atoms with Gasteiger partial charge >= 0.3 is 0 Å². The van der Waals surface area contributed by atoms with Gasteiger partial charge in [0.25, 0.3) is 0 Å². The van der Waals surface area contributed by atoms with E-state index in [-0.39, 0.29) is 5.41 Å². The van der Waals surface area contributed by atoms with Crippen LogP contribution in [0, 0.1) is 13.8 Å². The number of fused-ring (bicyclic) bond motifs is 8. The van der Waals surface area contributed by atoms with Crippen molar-refractivity contribution in [3.63, 3.8) is 0 Å². The van der Waals surface area contributed by atoms with E-state index in [4.69, 9.17) is 0 Å². The number of aromatic nitrogens is 1. The maximum absolute atomic E-state index is 2.53. The minimum Gasteiger partial charge on any atom is -0.309 e. The first-order valence-corrected chi connectivity index (χ1v) is 17.4. The first-order valence-electron chi connectivity index (χ1n) is 17.4. The fourth-order valence-electron chi connectivity index (χ4n) is 9.31. The highest BCUT2D eigenvalue weighted by Crippen LogP contribution is 2.57. The topological polar surface area (TPSA) is 4.93 Å². The monoisotopic (exact) mass is 627 g/mol. The Balaban J connectivity index is 1.23. The zero-order chi connectivity index (χ0) is 33.1. The number of aryl methyl sites for hydroxylation is 2. The Hall–Kier alpha value is -5.66. The molecule has 0 atom stereocenters. The van der Waals surface area contributed by atoms with Crippen LogP contribution in [-0.4, -0.2) is 4.57 Å². The zero-order valence-electron chi connectivity index (χ0n) is 28.4. The molecule has 0 N–H and O–H groups in total. The third-order valence-corrected chi connectivity index (χ3v) is 11.5. The number of nitrogens with zero attached hydrogens (tertiary/aromatic N) is 1. The minimum atomic E-state index is -0.414. The van der Waals surface area contributed by atoms with Crippen LogP contribution >= 0.6 is 0 Å². The molecule has 0 amide bonds. The highest BCUT2D eigenvalue weighted by Gasteiger charge is 2.46. The summed E-state index contributed by atoms with van der Waals surface area (Å²) in [6.07, 6.45) is 0. The van der Waals surface area contributed by atoms with E-state index in [2.05, 4.69) is 184 Å². The Labute approximate surface area is 288 Å². The SMILES string of the molecule is Cc1ccc2c(c1)c1cc(C)cc3c1n2-c1ccc(-c2ccc4c(c2)C(c2ccccc2)(c2ccccc2)c2ccccc2-4)cc1C3(C)C. The van der Waals surface area contributed by atoms with E-state index in [0.717, 1.165) is 0 Å². The van der Waals surface area contributed by atoms with Gasteiger partial charge in [0.2, 0.25) is 0 Å². The van der Waals surface area contributed by atoms with Crippen LogP contribution < -0.4 is 0 Å². The van der Waals surface area contributed by atoms with Crippen molar-refractivity contribution in [1.29, 1.82) is 0 Å². The molecule has 0 unspecified atom stereocenters. The summed E-state index contributed by atoms with van der Waals surface area (Å²) in [5, 5.41) is 2.69. The van der Waals surface area contributed by atoms with Gasteiger partial charge in [0, 0.05) is 16.2 Å². The van der Waals surface area contributed by atoms with Gasteiger partial charge in [-0.1, -0.05) is 140 Å². The number of hydrogen-bond donors (Lipinski definition) is 0. The van der Waals surface area contributed by atoms with Gasteiger partial charge in [-0.15, -0.1) is 0 Å². The minimum absolute atomic E-state index is 0.167. The lowest BCUT2D eigenvalue weighted by Crippen LogP contribution is -2.28. The number of rotatable bonds is 3. The van der Waals surface area contributed by atoms with E-state index in [1.165, 1.54) is 94.3 Å². The summed E-state index contributed by atoms with van der Waals surface area (Å²) in [6, 6.07) is 57.3. The molecule has 7 aromatic carbocycles. The predicted molar refractivity (Wildman–Crippen MR) is 205 cm³/mol. The highest BCUT2D eigenvalue weighted by atomic mass is 15.0. The van der Waals surface area contributed by atoms with Crippen molar-refractivity contribution in [1.82, 2.24) is 4.57 Å². The van der Waals surface area contributed by atoms with E-state index in [0.29, 0.717) is 0 Å². The van der Waals surface area contributed by atoms with Gasteiger partial charge in [-0.2, -0.15) is 0 Å². The van der Waals surface area contributed by atoms with Gasteiger partial charge < -0.3 is 4.57 Å². The lowest BCUT2D eigenvalue weighted by atomic mass is 9.67. The van der Waals surface area contributed by atoms with Crippen molar-refractivity contribution in [3.05, 3.63) is 196 Å². The number of hydrogen-bond acceptors (Lipinski definition) is 0. The Morgan fingerprint density at radius 2 is 1.06 bits per heavy atom. The molecule has 1 aliphatic carbocycles. The van der Waals surface area contributed by atoms with Crippen molar-refractivity contribution in [2.75, 3.05) is 0 Å². The van der Waals surface area contributed by atoms with Crippen LogP contribution in [0.2, 0.25) is 0 Å². The molecule has 2 heterocycles. The van der Waals surface area contributed by atoms with Crippen molar-refractivity contribution in [3.8, 4) is 27.9 Å². The molecule has 0 saturated carbocycles. The Morgan fingerprint density at radius 3 is 1.80 bits per heavy atom. The summed E-state index contributed by atoms with van der Waals surface area (Å²) < 4.78 is 2.53. The molecule has 0 fully saturated rings. The third kappa shape index (κ3) is 3.71. The molecule has 10 rings (SSSR count). The van der Waals surface area contributed by atoms with Crippen LogP contribution in [-0.2, 0) is 10.8 Å². The van der Waals surface area contributed by atoms with Crippen molar-refractivity contribution < 1.29 is 0 Å². The second-order valence-electron chi connectivity index (χ2n) is 14.7. The summed E-state index contributed by atoms with van der Waals surface area (Å²) in [7, 11) is 0. The molecule has 49 heavy (non-hydrogen) atoms. The fraction of sp³-hybridized carbons (Fsp3) is 0.125. The largest absolute Gasteiger partial charge is 0.309 e. The quantitative estimate of drug-likeness (QED) is 0.184. The van der Waals surface area contributed by atoms with Crippen LogP contribution in [0.3, 0.4) is 0 Å². The smallest absolute Gasteiger partial charge is 0.0713 e. The molecular formula is C48H37N. The summed E-state index contributed by atoms with van der Waals surface area (Å²) in [6.45, 7) is 9.25. The summed E-state index contributed by atoms with van der Waals surface area (Å²) in [5.41, 5.74) is 19.1. The molecule has 0 radical (unpaired) electrons. The van der Waals surface area contributed by atoms with E-state index in [9.17, 15) is 0 Å². The molecule has 1 heteroatoms. The van der Waals surface area contributed by atoms with Crippen LogP contribution in [0.4, 0.5) is 0 Å². The Kier molecular flexibility index (Phi) is 5.75. The first kappa shape index (κ1) is 28.4. The second kappa shape index (κ2) is 9.94. The molecule has 1 aromatic heterocycles. The molecule has 2 aliphatic rings. The molecule has 0 bridgehead atoms. The maximum atomic E-state index is 2.53. The molecule has 1 nitrogen and oxygen atoms in total. The van der Waals surface area contributed by atoms with E-state index < -0.39 is 5.41 Å². The summed E-state index contributed by atoms with van der Waals surface area (Å²) in [4.78, 5) is 0. The lowest BCUT2D eigenvalue weighted by molar-refractivity contribution is 0.630. The normalized spacial score (nSPS) is 14.9. The van der Waals surface area contributed by atoms with Crippen LogP contribution in [0.1, 0.15) is 58.4 Å². The molecule has 1 aliphatic heterocycles. The van der Waals surface area contributed by atoms with Crippen molar-refractivity contribution in [2.24, 2.45) is 0 Å². The fourth-order valence-corrected chi connectivity index (χ4v) is 9.31. The predicted octanol–water partition coefficient (Wildman–Crippen LogP) is 12.1. The molecule has 234 valence electrons. The Morgan fingerprint density at radius 1 is 0.449 bits per heavy atom. The second-order valence-corrected chi connectivity index (χ2v) is 14.7. The Bertz CT molecular complexity index is 2600. The molecule has 0 saturated heterocycles. The van der Waals surface area contributed by atoms with Crippen LogP contribution in [0.5, 0.6) is 0 Å². The van der Waals surface area contributed by atoms with Gasteiger partial charge in [-0.25, -0.2) is 0 Å². The number of benzene rings is 7. The van der Waals surface area contributed by atoms with Crippen molar-refractivity contribution >= 4 is 21.8 Å². The third-order valence-electron chi connectivity index (χ3n) is 11.5. The lowest BCUT2D eigenvalue weighted by Gasteiger charge is -2.35. The summed E-state index contributed by atoms with van der Waals surface area (Å²) in [5.74, 6) is 0. The van der Waals surface area contributed by atoms with Gasteiger partial charge in [0.15, 0.2) is 0 Å². The molecular weight excluding hydrogens is 591 g/mol.